The molecule has 0 aliphatic rings. The molecule has 0 aliphatic carbocycles. The molecule has 0 unspecified atom stereocenters. The van der Waals surface area contributed by atoms with Crippen molar-refractivity contribution in [1.29, 1.82) is 0 Å². The Morgan fingerprint density at radius 1 is 1.00 bits per heavy atom. The minimum absolute atomic E-state index is 0.0257. The molecule has 0 amide bonds. The van der Waals surface area contributed by atoms with E-state index in [1.165, 1.54) is 56.9 Å². The summed E-state index contributed by atoms with van der Waals surface area (Å²) in [6.07, 6.45) is 12.0. The van der Waals surface area contributed by atoms with Crippen molar-refractivity contribution in [2.45, 2.75) is 71.3 Å². The molecule has 3 nitrogen and oxygen atoms in total. The van der Waals surface area contributed by atoms with Gasteiger partial charge in [-0.25, -0.2) is 4.98 Å². The molecule has 0 bridgehead atoms. The quantitative estimate of drug-likeness (QED) is 0.620. The smallest absolute Gasteiger partial charge is 0.133 e. The maximum Gasteiger partial charge on any atom is 0.133 e. The molecule has 0 aliphatic heterocycles. The van der Waals surface area contributed by atoms with E-state index in [1.54, 1.807) is 0 Å². The highest BCUT2D eigenvalue weighted by molar-refractivity contribution is 5.75. The fraction of sp³-hybridized carbons (Fsp3) is 0.611. The number of nitrogens with one attached hydrogen (secondary N) is 1. The maximum atomic E-state index is 9.09. The first-order valence-electron chi connectivity index (χ1n) is 8.42. The van der Waals surface area contributed by atoms with E-state index < -0.39 is 0 Å². The molecule has 0 fully saturated rings. The first-order chi connectivity index (χ1) is 10.3. The van der Waals surface area contributed by atoms with Crippen molar-refractivity contribution in [3.05, 3.63) is 29.6 Å². The fourth-order valence-electron chi connectivity index (χ4n) is 2.80. The highest BCUT2D eigenvalue weighted by Crippen LogP contribution is 2.16. The third-order valence-corrected chi connectivity index (χ3v) is 4.06. The van der Waals surface area contributed by atoms with Gasteiger partial charge in [0.25, 0.3) is 0 Å². The molecular formula is C18H28N2O. The van der Waals surface area contributed by atoms with Crippen LogP contribution in [0.15, 0.2) is 18.2 Å². The molecule has 1 heterocycles. The number of aliphatic hydroxyl groups excluding tert-OH is 1. The van der Waals surface area contributed by atoms with Crippen LogP contribution in [0.4, 0.5) is 0 Å². The molecule has 2 rings (SSSR count). The zero-order chi connectivity index (χ0) is 14.9. The van der Waals surface area contributed by atoms with Crippen LogP contribution in [0.1, 0.15) is 69.7 Å². The number of nitrogens with zero attached hydrogens (tertiary/aromatic N) is 1. The Morgan fingerprint density at radius 3 is 2.43 bits per heavy atom. The van der Waals surface area contributed by atoms with Gasteiger partial charge in [-0.15, -0.1) is 0 Å². The Labute approximate surface area is 127 Å². The van der Waals surface area contributed by atoms with Crippen LogP contribution in [-0.2, 0) is 13.0 Å². The van der Waals surface area contributed by atoms with Crippen molar-refractivity contribution in [2.75, 3.05) is 0 Å². The number of benzene rings is 1. The predicted octanol–water partition coefficient (Wildman–Crippen LogP) is 4.74. The lowest BCUT2D eigenvalue weighted by Crippen LogP contribution is -1.87. The van der Waals surface area contributed by atoms with E-state index >= 15 is 0 Å². The lowest BCUT2D eigenvalue weighted by molar-refractivity contribution is 0.273. The van der Waals surface area contributed by atoms with Crippen LogP contribution in [0.25, 0.3) is 11.0 Å². The van der Waals surface area contributed by atoms with E-state index in [2.05, 4.69) is 29.0 Å². The van der Waals surface area contributed by atoms with Crippen LogP contribution < -0.4 is 0 Å². The normalized spacial score (nSPS) is 11.3. The van der Waals surface area contributed by atoms with Crippen molar-refractivity contribution < 1.29 is 5.11 Å². The largest absolute Gasteiger partial charge is 0.388 e. The molecule has 3 heteroatoms. The summed E-state index contributed by atoms with van der Waals surface area (Å²) < 4.78 is 0. The van der Waals surface area contributed by atoms with Gasteiger partial charge in [-0.05, 0) is 30.5 Å². The van der Waals surface area contributed by atoms with Crippen molar-refractivity contribution in [2.24, 2.45) is 0 Å². The highest BCUT2D eigenvalue weighted by Gasteiger charge is 2.02. The third-order valence-electron chi connectivity index (χ3n) is 4.06. The predicted molar refractivity (Wildman–Crippen MR) is 88.3 cm³/mol. The molecule has 2 N–H and O–H groups in total. The number of unbranched alkanes of at least 4 members (excludes halogenated alkanes) is 7. The van der Waals surface area contributed by atoms with Crippen LogP contribution in [0.2, 0.25) is 0 Å². The Kier molecular flexibility index (Phi) is 6.74. The van der Waals surface area contributed by atoms with Gasteiger partial charge in [0.2, 0.25) is 0 Å². The van der Waals surface area contributed by atoms with E-state index in [1.807, 2.05) is 6.07 Å². The average molecular weight is 288 g/mol. The summed E-state index contributed by atoms with van der Waals surface area (Å²) in [5.74, 6) is 0.647. The van der Waals surface area contributed by atoms with Gasteiger partial charge in [-0.3, -0.25) is 0 Å². The molecule has 0 radical (unpaired) electrons. The van der Waals surface area contributed by atoms with Gasteiger partial charge in [-0.2, -0.15) is 0 Å². The summed E-state index contributed by atoms with van der Waals surface area (Å²) in [6.45, 7) is 2.24. The molecule has 0 saturated carbocycles. The third kappa shape index (κ3) is 5.16. The number of aromatic nitrogens is 2. The van der Waals surface area contributed by atoms with E-state index in [4.69, 9.17) is 5.11 Å². The van der Waals surface area contributed by atoms with Gasteiger partial charge >= 0.3 is 0 Å². The van der Waals surface area contributed by atoms with Gasteiger partial charge < -0.3 is 10.1 Å². The summed E-state index contributed by atoms with van der Waals surface area (Å²) in [7, 11) is 0. The lowest BCUT2D eigenvalue weighted by atomic mass is 10.0. The second-order valence-electron chi connectivity index (χ2n) is 5.92. The molecule has 1 aromatic carbocycles. The lowest BCUT2D eigenvalue weighted by Gasteiger charge is -2.03. The van der Waals surface area contributed by atoms with E-state index in [0.717, 1.165) is 17.5 Å². The van der Waals surface area contributed by atoms with Crippen LogP contribution in [-0.4, -0.2) is 15.1 Å². The topological polar surface area (TPSA) is 48.9 Å². The Hall–Kier alpha value is -1.35. The zero-order valence-electron chi connectivity index (χ0n) is 13.2. The summed E-state index contributed by atoms with van der Waals surface area (Å²) in [6, 6.07) is 6.37. The summed E-state index contributed by atoms with van der Waals surface area (Å²) in [5.41, 5.74) is 3.34. The van der Waals surface area contributed by atoms with Crippen molar-refractivity contribution in [3.8, 4) is 0 Å². The molecule has 21 heavy (non-hydrogen) atoms. The number of H-pyrrole nitrogens is 1. The number of hydrogen-bond acceptors (Lipinski definition) is 2. The minimum atomic E-state index is -0.0257. The molecule has 1 aromatic heterocycles. The second kappa shape index (κ2) is 8.83. The Bertz CT molecular complexity index is 533. The molecule has 0 atom stereocenters. The maximum absolute atomic E-state index is 9.09. The standard InChI is InChI=1S/C18H28N2O/c1-2-3-4-5-6-7-8-9-10-15-11-12-16-17(13-15)20-18(14-21)19-16/h11-13,21H,2-10,14H2,1H3,(H,19,20). The first kappa shape index (κ1) is 16.0. The van der Waals surface area contributed by atoms with Crippen LogP contribution in [0, 0.1) is 0 Å². The Balaban J connectivity index is 1.68. The number of aryl methyl sites for hydroxylation is 1. The Morgan fingerprint density at radius 2 is 1.71 bits per heavy atom. The number of rotatable bonds is 10. The first-order valence-corrected chi connectivity index (χ1v) is 8.42. The van der Waals surface area contributed by atoms with Gasteiger partial charge in [0.1, 0.15) is 12.4 Å². The monoisotopic (exact) mass is 288 g/mol. The number of aromatic amines is 1. The molecule has 116 valence electrons. The number of fused-ring (bicyclic) bond motifs is 1. The fourth-order valence-corrected chi connectivity index (χ4v) is 2.80. The van der Waals surface area contributed by atoms with Crippen molar-refractivity contribution >= 4 is 11.0 Å². The molecule has 0 saturated heterocycles. The van der Waals surface area contributed by atoms with E-state index in [0.29, 0.717) is 5.82 Å². The van der Waals surface area contributed by atoms with Crippen LogP contribution in [0.3, 0.4) is 0 Å². The summed E-state index contributed by atoms with van der Waals surface area (Å²) >= 11 is 0. The molecule has 2 aromatic rings. The second-order valence-corrected chi connectivity index (χ2v) is 5.92. The van der Waals surface area contributed by atoms with Gasteiger partial charge in [0.05, 0.1) is 11.0 Å². The molecular weight excluding hydrogens is 260 g/mol. The number of imidazole rings is 1. The van der Waals surface area contributed by atoms with Gasteiger partial charge in [-0.1, -0.05) is 57.9 Å². The SMILES string of the molecule is CCCCCCCCCCc1ccc2nc(CO)[nH]c2c1. The van der Waals surface area contributed by atoms with E-state index in [9.17, 15) is 0 Å². The van der Waals surface area contributed by atoms with Crippen molar-refractivity contribution in [1.82, 2.24) is 9.97 Å². The average Bonchev–Trinajstić information content (AvgIpc) is 2.92. The van der Waals surface area contributed by atoms with Gasteiger partial charge in [0, 0.05) is 0 Å². The highest BCUT2D eigenvalue weighted by atomic mass is 16.3. The summed E-state index contributed by atoms with van der Waals surface area (Å²) in [5, 5.41) is 9.09. The number of aliphatic hydroxyl groups is 1. The zero-order valence-corrected chi connectivity index (χ0v) is 13.2. The van der Waals surface area contributed by atoms with E-state index in [-0.39, 0.29) is 6.61 Å². The van der Waals surface area contributed by atoms with Crippen LogP contribution >= 0.6 is 0 Å². The van der Waals surface area contributed by atoms with Crippen LogP contribution in [0.5, 0.6) is 0 Å². The van der Waals surface area contributed by atoms with Gasteiger partial charge in [0.15, 0.2) is 0 Å². The number of hydrogen-bond donors (Lipinski definition) is 2. The summed E-state index contributed by atoms with van der Waals surface area (Å²) in [4.78, 5) is 7.47. The van der Waals surface area contributed by atoms with Crippen molar-refractivity contribution in [3.63, 3.8) is 0 Å². The minimum Gasteiger partial charge on any atom is -0.388 e. The molecule has 0 spiro atoms.